The fourth-order valence-electron chi connectivity index (χ4n) is 1.44. The molecule has 0 atom stereocenters. The summed E-state index contributed by atoms with van der Waals surface area (Å²) in [5.74, 6) is -1.52. The topological polar surface area (TPSA) is 72.9 Å². The Kier molecular flexibility index (Phi) is 4.84. The van der Waals surface area contributed by atoms with Gasteiger partial charge in [0.15, 0.2) is 0 Å². The van der Waals surface area contributed by atoms with Crippen LogP contribution in [0.2, 0.25) is 0 Å². The van der Waals surface area contributed by atoms with Gasteiger partial charge >= 0.3 is 5.97 Å². The summed E-state index contributed by atoms with van der Waals surface area (Å²) in [6.45, 7) is 6.26. The summed E-state index contributed by atoms with van der Waals surface area (Å²) in [5, 5.41) is 0.574. The molecule has 1 aliphatic heterocycles. The lowest BCUT2D eigenvalue weighted by atomic mass is 9.90. The van der Waals surface area contributed by atoms with Crippen LogP contribution in [0.3, 0.4) is 0 Å². The summed E-state index contributed by atoms with van der Waals surface area (Å²) < 4.78 is 5.18. The molecule has 1 fully saturated rings. The van der Waals surface area contributed by atoms with Crippen LogP contribution in [-0.4, -0.2) is 36.1 Å². The molecule has 0 unspecified atom stereocenters. The van der Waals surface area contributed by atoms with Crippen LogP contribution >= 0.6 is 0 Å². The van der Waals surface area contributed by atoms with Gasteiger partial charge in [0.25, 0.3) is 11.8 Å². The smallest absolute Gasteiger partial charge is 0.338 e. The average Bonchev–Trinajstić information content (AvgIpc) is 2.61. The van der Waals surface area contributed by atoms with Crippen molar-refractivity contribution in [3.05, 3.63) is 0 Å². The van der Waals surface area contributed by atoms with Crippen LogP contribution in [0.4, 0.5) is 0 Å². The molecule has 2 amide bonds. The number of hydrogen-bond donors (Lipinski definition) is 0. The van der Waals surface area contributed by atoms with Gasteiger partial charge in [-0.05, 0) is 27.2 Å². The first-order valence-electron chi connectivity index (χ1n) is 6.04. The van der Waals surface area contributed by atoms with E-state index in [1.165, 1.54) is 0 Å². The lowest BCUT2D eigenvalue weighted by Crippen LogP contribution is -2.38. The van der Waals surface area contributed by atoms with Crippen LogP contribution in [0.15, 0.2) is 0 Å². The zero-order valence-electron chi connectivity index (χ0n) is 11.0. The number of carbonyl (C=O) groups is 3. The molecule has 0 aromatic carbocycles. The summed E-state index contributed by atoms with van der Waals surface area (Å²) in [6, 6.07) is 0. The normalized spacial score (nSPS) is 16.3. The summed E-state index contributed by atoms with van der Waals surface area (Å²) in [4.78, 5) is 39.4. The molecule has 0 N–H and O–H groups in total. The Morgan fingerprint density at radius 3 is 2.33 bits per heavy atom. The number of ether oxygens (including phenoxy) is 1. The second-order valence-electron chi connectivity index (χ2n) is 4.79. The van der Waals surface area contributed by atoms with Crippen molar-refractivity contribution >= 4 is 17.8 Å². The molecule has 0 radical (unpaired) electrons. The van der Waals surface area contributed by atoms with E-state index in [0.717, 1.165) is 0 Å². The quantitative estimate of drug-likeness (QED) is 0.525. The molecule has 0 aromatic rings. The molecule has 6 heteroatoms. The second-order valence-corrected chi connectivity index (χ2v) is 4.79. The van der Waals surface area contributed by atoms with Crippen LogP contribution in [0.25, 0.3) is 0 Å². The SMILES string of the molecule is CCOCCC(C)(C)C(=O)ON1C(=O)CCC1=O. The van der Waals surface area contributed by atoms with Gasteiger partial charge < -0.3 is 9.57 Å². The van der Waals surface area contributed by atoms with E-state index in [2.05, 4.69) is 0 Å². The van der Waals surface area contributed by atoms with Gasteiger partial charge in [-0.3, -0.25) is 9.59 Å². The van der Waals surface area contributed by atoms with E-state index in [4.69, 9.17) is 9.57 Å². The van der Waals surface area contributed by atoms with Crippen LogP contribution in [0, 0.1) is 5.41 Å². The van der Waals surface area contributed by atoms with Crippen LogP contribution < -0.4 is 0 Å². The predicted octanol–water partition coefficient (Wildman–Crippen LogP) is 1.05. The molecule has 1 aliphatic rings. The van der Waals surface area contributed by atoms with Crippen molar-refractivity contribution in [2.75, 3.05) is 13.2 Å². The summed E-state index contributed by atoms with van der Waals surface area (Å²) >= 11 is 0. The molecule has 0 aliphatic carbocycles. The van der Waals surface area contributed by atoms with Crippen molar-refractivity contribution in [2.24, 2.45) is 5.41 Å². The minimum Gasteiger partial charge on any atom is -0.382 e. The molecule has 18 heavy (non-hydrogen) atoms. The first-order chi connectivity index (χ1) is 8.38. The van der Waals surface area contributed by atoms with Gasteiger partial charge in [0, 0.05) is 26.1 Å². The Bertz CT molecular complexity index is 334. The second kappa shape index (κ2) is 5.95. The Morgan fingerprint density at radius 1 is 1.28 bits per heavy atom. The van der Waals surface area contributed by atoms with E-state index < -0.39 is 23.2 Å². The van der Waals surface area contributed by atoms with Crippen LogP contribution in [0.5, 0.6) is 0 Å². The Labute approximate surface area is 106 Å². The largest absolute Gasteiger partial charge is 0.382 e. The Balaban J connectivity index is 2.53. The maximum Gasteiger partial charge on any atom is 0.338 e. The van der Waals surface area contributed by atoms with Crippen LogP contribution in [-0.2, 0) is 24.0 Å². The molecule has 0 spiro atoms. The molecule has 1 rings (SSSR count). The third-order valence-electron chi connectivity index (χ3n) is 2.81. The lowest BCUT2D eigenvalue weighted by Gasteiger charge is -2.24. The maximum absolute atomic E-state index is 11.9. The number of amides is 2. The highest BCUT2D eigenvalue weighted by molar-refractivity contribution is 6.01. The van der Waals surface area contributed by atoms with E-state index >= 15 is 0 Å². The molecule has 1 saturated heterocycles. The lowest BCUT2D eigenvalue weighted by molar-refractivity contribution is -0.204. The standard InChI is InChI=1S/C12H19NO5/c1-4-17-8-7-12(2,3)11(16)18-13-9(14)5-6-10(13)15/h4-8H2,1-3H3. The van der Waals surface area contributed by atoms with Crippen molar-refractivity contribution in [2.45, 2.75) is 40.0 Å². The number of hydroxylamine groups is 2. The first-order valence-corrected chi connectivity index (χ1v) is 6.04. The third kappa shape index (κ3) is 3.53. The van der Waals surface area contributed by atoms with Gasteiger partial charge in [-0.2, -0.15) is 0 Å². The average molecular weight is 257 g/mol. The molecule has 0 aromatic heterocycles. The van der Waals surface area contributed by atoms with Gasteiger partial charge in [-0.1, -0.05) is 0 Å². The molecule has 1 heterocycles. The van der Waals surface area contributed by atoms with Gasteiger partial charge in [0.05, 0.1) is 5.41 Å². The van der Waals surface area contributed by atoms with Gasteiger partial charge in [-0.15, -0.1) is 5.06 Å². The fourth-order valence-corrected chi connectivity index (χ4v) is 1.44. The highest BCUT2D eigenvalue weighted by atomic mass is 16.7. The number of imide groups is 1. The van der Waals surface area contributed by atoms with Crippen molar-refractivity contribution in [1.29, 1.82) is 0 Å². The monoisotopic (exact) mass is 257 g/mol. The first kappa shape index (κ1) is 14.6. The number of hydrogen-bond acceptors (Lipinski definition) is 5. The minimum absolute atomic E-state index is 0.103. The number of rotatable bonds is 6. The third-order valence-corrected chi connectivity index (χ3v) is 2.81. The number of carbonyl (C=O) groups excluding carboxylic acids is 3. The van der Waals surface area contributed by atoms with E-state index in [1.807, 2.05) is 6.92 Å². The van der Waals surface area contributed by atoms with Gasteiger partial charge in [0.2, 0.25) is 0 Å². The Hall–Kier alpha value is -1.43. The number of nitrogens with zero attached hydrogens (tertiary/aromatic N) is 1. The summed E-state index contributed by atoms with van der Waals surface area (Å²) in [6.07, 6.45) is 0.673. The molecule has 6 nitrogen and oxygen atoms in total. The van der Waals surface area contributed by atoms with Gasteiger partial charge in [-0.25, -0.2) is 4.79 Å². The van der Waals surface area contributed by atoms with Gasteiger partial charge in [0.1, 0.15) is 0 Å². The van der Waals surface area contributed by atoms with Crippen molar-refractivity contribution in [3.8, 4) is 0 Å². The van der Waals surface area contributed by atoms with Crippen LogP contribution in [0.1, 0.15) is 40.0 Å². The van der Waals surface area contributed by atoms with Crippen molar-refractivity contribution < 1.29 is 24.0 Å². The fraction of sp³-hybridized carbons (Fsp3) is 0.750. The molecular weight excluding hydrogens is 238 g/mol. The molecular formula is C12H19NO5. The summed E-state index contributed by atoms with van der Waals surface area (Å²) in [7, 11) is 0. The highest BCUT2D eigenvalue weighted by Gasteiger charge is 2.37. The van der Waals surface area contributed by atoms with Crippen molar-refractivity contribution in [1.82, 2.24) is 5.06 Å². The maximum atomic E-state index is 11.9. The minimum atomic E-state index is -0.793. The zero-order valence-corrected chi connectivity index (χ0v) is 11.0. The van der Waals surface area contributed by atoms with E-state index in [1.54, 1.807) is 13.8 Å². The van der Waals surface area contributed by atoms with E-state index in [9.17, 15) is 14.4 Å². The van der Waals surface area contributed by atoms with E-state index in [0.29, 0.717) is 24.7 Å². The molecule has 0 bridgehead atoms. The Morgan fingerprint density at radius 2 is 1.83 bits per heavy atom. The highest BCUT2D eigenvalue weighted by Crippen LogP contribution is 2.24. The zero-order chi connectivity index (χ0) is 13.8. The molecule has 102 valence electrons. The summed E-state index contributed by atoms with van der Waals surface area (Å²) in [5.41, 5.74) is -0.793. The van der Waals surface area contributed by atoms with E-state index in [-0.39, 0.29) is 12.8 Å². The van der Waals surface area contributed by atoms with Crippen molar-refractivity contribution in [3.63, 3.8) is 0 Å². The predicted molar refractivity (Wildman–Crippen MR) is 62.1 cm³/mol. The molecule has 0 saturated carbocycles.